The summed E-state index contributed by atoms with van der Waals surface area (Å²) in [5.41, 5.74) is -6.56. The van der Waals surface area contributed by atoms with Crippen molar-refractivity contribution in [3.05, 3.63) is 36.0 Å². The van der Waals surface area contributed by atoms with E-state index in [1.807, 2.05) is 0 Å². The van der Waals surface area contributed by atoms with Crippen molar-refractivity contribution in [3.63, 3.8) is 0 Å². The first-order valence-corrected chi connectivity index (χ1v) is 9.52. The largest absolute Gasteiger partial charge is 0.390 e. The lowest BCUT2D eigenvalue weighted by Crippen LogP contribution is -2.69. The van der Waals surface area contributed by atoms with Crippen LogP contribution in [0.3, 0.4) is 0 Å². The number of halogens is 1. The van der Waals surface area contributed by atoms with Crippen molar-refractivity contribution in [1.29, 1.82) is 0 Å². The number of ketones is 2. The number of carbonyl (C=O) groups is 2. The lowest BCUT2D eigenvalue weighted by Gasteiger charge is -2.60. The van der Waals surface area contributed by atoms with Gasteiger partial charge in [-0.25, -0.2) is 4.39 Å². The van der Waals surface area contributed by atoms with E-state index in [0.717, 1.165) is 0 Å². The van der Waals surface area contributed by atoms with Gasteiger partial charge in [0, 0.05) is 16.7 Å². The van der Waals surface area contributed by atoms with Gasteiger partial charge in [0.25, 0.3) is 0 Å². The lowest BCUT2D eigenvalue weighted by atomic mass is 9.46. The number of aliphatic hydroxyl groups excluding tert-OH is 3. The Balaban J connectivity index is 1.88. The number of aliphatic hydroxyl groups is 4. The summed E-state index contributed by atoms with van der Waals surface area (Å²) in [7, 11) is 0. The summed E-state index contributed by atoms with van der Waals surface area (Å²) >= 11 is 0. The van der Waals surface area contributed by atoms with Gasteiger partial charge in [-0.2, -0.15) is 0 Å². The third-order valence-corrected chi connectivity index (χ3v) is 8.00. The van der Waals surface area contributed by atoms with Gasteiger partial charge in [-0.3, -0.25) is 9.59 Å². The Morgan fingerprint density at radius 3 is 2.57 bits per heavy atom. The van der Waals surface area contributed by atoms with Crippen molar-refractivity contribution in [2.45, 2.75) is 50.2 Å². The summed E-state index contributed by atoms with van der Waals surface area (Å²) in [4.78, 5) is 24.1. The molecule has 0 aliphatic heterocycles. The van der Waals surface area contributed by atoms with E-state index >= 15 is 4.39 Å². The van der Waals surface area contributed by atoms with Crippen LogP contribution in [0.4, 0.5) is 4.39 Å². The molecule has 0 aromatic carbocycles. The molecule has 0 aromatic heterocycles. The van der Waals surface area contributed by atoms with Gasteiger partial charge >= 0.3 is 0 Å². The first-order valence-electron chi connectivity index (χ1n) is 9.52. The number of Topliss-reactive ketones (excluding diaryl/α,β-unsaturated/α-hetero) is 1. The quantitative estimate of drug-likeness (QED) is 0.541. The highest BCUT2D eigenvalue weighted by atomic mass is 19.1. The van der Waals surface area contributed by atoms with Gasteiger partial charge in [0.2, 0.25) is 0 Å². The second kappa shape index (κ2) is 5.69. The average molecular weight is 392 g/mol. The van der Waals surface area contributed by atoms with Gasteiger partial charge in [0.15, 0.2) is 22.8 Å². The van der Waals surface area contributed by atoms with Crippen molar-refractivity contribution in [3.8, 4) is 0 Å². The zero-order chi connectivity index (χ0) is 20.7. The highest BCUT2D eigenvalue weighted by Gasteiger charge is 2.75. The standard InChI is InChI=1S/C21H25FO6/c1-18-6-5-12(24)7-11(18)3-4-13-14-8-15(25)21(28,17(27)10-23)19(14,2)9-16(26)20(13,18)22/h3-7,13-16,23,25-26,28H,8-10H2,1-2H3/t13-,14-,15+,16-,18-,19-,20-,21-/m0/s1. The van der Waals surface area contributed by atoms with Crippen molar-refractivity contribution in [2.75, 3.05) is 6.61 Å². The molecule has 0 spiro atoms. The van der Waals surface area contributed by atoms with Crippen LogP contribution in [0.2, 0.25) is 0 Å². The predicted molar refractivity (Wildman–Crippen MR) is 96.7 cm³/mol. The summed E-state index contributed by atoms with van der Waals surface area (Å²) in [6, 6.07) is 0. The molecule has 0 saturated heterocycles. The minimum atomic E-state index is -2.27. The average Bonchev–Trinajstić information content (AvgIpc) is 2.84. The molecule has 28 heavy (non-hydrogen) atoms. The lowest BCUT2D eigenvalue weighted by molar-refractivity contribution is -0.209. The first-order chi connectivity index (χ1) is 13.0. The van der Waals surface area contributed by atoms with E-state index in [9.17, 15) is 30.0 Å². The maximum Gasteiger partial charge on any atom is 0.192 e. The van der Waals surface area contributed by atoms with E-state index in [1.54, 1.807) is 26.0 Å². The second-order valence-electron chi connectivity index (χ2n) is 9.03. The topological polar surface area (TPSA) is 115 Å². The van der Waals surface area contributed by atoms with Gasteiger partial charge in [-0.15, -0.1) is 0 Å². The van der Waals surface area contributed by atoms with Crippen LogP contribution in [0.5, 0.6) is 0 Å². The fourth-order valence-electron chi connectivity index (χ4n) is 6.31. The van der Waals surface area contributed by atoms with Crippen molar-refractivity contribution in [2.24, 2.45) is 22.7 Å². The van der Waals surface area contributed by atoms with Crippen LogP contribution < -0.4 is 0 Å². The maximum atomic E-state index is 16.7. The molecule has 0 bridgehead atoms. The normalized spacial score (nSPS) is 52.0. The monoisotopic (exact) mass is 392 g/mol. The Kier molecular flexibility index (Phi) is 3.99. The zero-order valence-corrected chi connectivity index (χ0v) is 15.8. The highest BCUT2D eigenvalue weighted by molar-refractivity contribution is 6.01. The molecular weight excluding hydrogens is 367 g/mol. The molecule has 0 aromatic rings. The molecule has 6 nitrogen and oxygen atoms in total. The van der Waals surface area contributed by atoms with Crippen LogP contribution in [-0.4, -0.2) is 62.1 Å². The number of alkyl halides is 1. The first kappa shape index (κ1) is 19.6. The number of allylic oxidation sites excluding steroid dienone is 6. The summed E-state index contributed by atoms with van der Waals surface area (Å²) < 4.78 is 16.7. The molecule has 0 radical (unpaired) electrons. The Bertz CT molecular complexity index is 848. The molecule has 4 N–H and O–H groups in total. The maximum absolute atomic E-state index is 16.7. The van der Waals surface area contributed by atoms with Crippen molar-refractivity contribution >= 4 is 11.6 Å². The smallest absolute Gasteiger partial charge is 0.192 e. The fraction of sp³-hybridized carbons (Fsp3) is 0.619. The fourth-order valence-corrected chi connectivity index (χ4v) is 6.31. The summed E-state index contributed by atoms with van der Waals surface area (Å²) in [6.45, 7) is 2.23. The van der Waals surface area contributed by atoms with E-state index in [-0.39, 0.29) is 18.6 Å². The van der Waals surface area contributed by atoms with E-state index in [4.69, 9.17) is 0 Å². The third-order valence-electron chi connectivity index (χ3n) is 8.00. The molecule has 0 amide bonds. The Labute approximate surface area is 162 Å². The molecule has 4 rings (SSSR count). The van der Waals surface area contributed by atoms with Crippen molar-refractivity contribution in [1.82, 2.24) is 0 Å². The summed E-state index contributed by atoms with van der Waals surface area (Å²) in [6.07, 6.45) is 4.01. The number of fused-ring (bicyclic) bond motifs is 5. The minimum Gasteiger partial charge on any atom is -0.390 e. The highest BCUT2D eigenvalue weighted by Crippen LogP contribution is 2.68. The van der Waals surface area contributed by atoms with Crippen LogP contribution in [0.25, 0.3) is 0 Å². The Hall–Kier alpha value is -1.67. The van der Waals surface area contributed by atoms with E-state index in [2.05, 4.69) is 0 Å². The van der Waals surface area contributed by atoms with Crippen molar-refractivity contribution < 1.29 is 34.4 Å². The van der Waals surface area contributed by atoms with Crippen LogP contribution >= 0.6 is 0 Å². The predicted octanol–water partition coefficient (Wildman–Crippen LogP) is 0.397. The van der Waals surface area contributed by atoms with Gasteiger partial charge in [0.1, 0.15) is 6.61 Å². The van der Waals surface area contributed by atoms with Crippen LogP contribution in [0, 0.1) is 22.7 Å². The molecule has 0 heterocycles. The van der Waals surface area contributed by atoms with Crippen LogP contribution in [-0.2, 0) is 9.59 Å². The van der Waals surface area contributed by atoms with Crippen LogP contribution in [0.15, 0.2) is 36.0 Å². The van der Waals surface area contributed by atoms with Gasteiger partial charge in [-0.05, 0) is 43.4 Å². The molecule has 4 aliphatic carbocycles. The second-order valence-corrected chi connectivity index (χ2v) is 9.03. The molecule has 0 unspecified atom stereocenters. The third kappa shape index (κ3) is 1.95. The zero-order valence-electron chi connectivity index (χ0n) is 15.8. The Morgan fingerprint density at radius 2 is 1.93 bits per heavy atom. The Morgan fingerprint density at radius 1 is 1.25 bits per heavy atom. The molecule has 7 heteroatoms. The molecule has 152 valence electrons. The SMILES string of the molecule is C[C@]12C=CC(=O)C=C1C=C[C@H]1[C@@H]3C[C@@H](O)[C@](O)(C(=O)CO)[C@@]3(C)C[C@H](O)[C@@]12F. The number of rotatable bonds is 2. The molecule has 2 fully saturated rings. The molecule has 4 aliphatic rings. The van der Waals surface area contributed by atoms with E-state index in [1.165, 1.54) is 18.2 Å². The van der Waals surface area contributed by atoms with Crippen LogP contribution in [0.1, 0.15) is 26.7 Å². The summed E-state index contributed by atoms with van der Waals surface area (Å²) in [5, 5.41) is 42.0. The molecule has 2 saturated carbocycles. The van der Waals surface area contributed by atoms with Gasteiger partial charge in [0.05, 0.1) is 12.2 Å². The van der Waals surface area contributed by atoms with Gasteiger partial charge < -0.3 is 20.4 Å². The number of hydrogen-bond acceptors (Lipinski definition) is 6. The number of hydrogen-bond donors (Lipinski definition) is 4. The van der Waals surface area contributed by atoms with Gasteiger partial charge in [-0.1, -0.05) is 25.2 Å². The number of carbonyl (C=O) groups excluding carboxylic acids is 2. The summed E-state index contributed by atoms with van der Waals surface area (Å²) in [5.74, 6) is -2.72. The molecular formula is C21H25FO6. The van der Waals surface area contributed by atoms with E-state index < -0.39 is 58.5 Å². The van der Waals surface area contributed by atoms with E-state index in [0.29, 0.717) is 5.57 Å². The molecule has 8 atom stereocenters. The minimum absolute atomic E-state index is 0.0378.